The number of non-ortho nitro benzene ring substituents is 1. The summed E-state index contributed by atoms with van der Waals surface area (Å²) < 4.78 is 5.38. The number of hydrogen-bond donors (Lipinski definition) is 0. The third kappa shape index (κ3) is 3.88. The molecule has 182 valence electrons. The largest absolute Gasteiger partial charge is 0.460 e. The van der Waals surface area contributed by atoms with Gasteiger partial charge in [0, 0.05) is 18.6 Å². The van der Waals surface area contributed by atoms with E-state index in [1.807, 2.05) is 67.3 Å². The molecule has 0 N–H and O–H groups in total. The number of hydrogen-bond acceptors (Lipinski definition) is 8. The van der Waals surface area contributed by atoms with Crippen LogP contribution in [0.1, 0.15) is 31.4 Å². The quantitative estimate of drug-likeness (QED) is 0.276. The highest BCUT2D eigenvalue weighted by molar-refractivity contribution is 6.43. The fourth-order valence-electron chi connectivity index (χ4n) is 4.69. The molecule has 1 atom stereocenters. The molecule has 0 saturated heterocycles. The summed E-state index contributed by atoms with van der Waals surface area (Å²) in [5.74, 6) is -0.421. The van der Waals surface area contributed by atoms with Crippen LogP contribution in [0.15, 0.2) is 82.9 Å². The zero-order chi connectivity index (χ0) is 25.4. The Morgan fingerprint density at radius 3 is 2.50 bits per heavy atom. The fraction of sp³-hybridized carbons (Fsp3) is 0.222. The molecule has 2 aliphatic rings. The van der Waals surface area contributed by atoms with Gasteiger partial charge in [0.2, 0.25) is 5.84 Å². The third-order valence-electron chi connectivity index (χ3n) is 6.34. The molecule has 2 heterocycles. The van der Waals surface area contributed by atoms with Gasteiger partial charge < -0.3 is 4.74 Å². The first kappa shape index (κ1) is 23.2. The lowest BCUT2D eigenvalue weighted by Gasteiger charge is -2.41. The molecule has 0 radical (unpaired) electrons. The summed E-state index contributed by atoms with van der Waals surface area (Å²) in [6.45, 7) is 5.93. The number of esters is 1. The summed E-state index contributed by atoms with van der Waals surface area (Å²) in [5, 5.41) is 17.7. The third-order valence-corrected chi connectivity index (χ3v) is 6.34. The average molecular weight is 484 g/mol. The number of nitrogens with zero attached hydrogens (tertiary/aromatic N) is 5. The number of aliphatic imine (C=N–C) groups is 1. The SMILES string of the molecule is CCOC(=O)C1=NN(c2ccc([N+](=O)[O-])cc2)C2(C)CC(c3ccccc3)=Nc3cc(C)ccc3N12. The molecule has 0 saturated carbocycles. The van der Waals surface area contributed by atoms with Crippen molar-refractivity contribution < 1.29 is 14.5 Å². The smallest absolute Gasteiger partial charge is 0.376 e. The average Bonchev–Trinajstić information content (AvgIpc) is 3.10. The van der Waals surface area contributed by atoms with Gasteiger partial charge in [0.25, 0.3) is 5.69 Å². The molecule has 9 heteroatoms. The van der Waals surface area contributed by atoms with Crippen LogP contribution in [0.5, 0.6) is 0 Å². The maximum atomic E-state index is 13.2. The lowest BCUT2D eigenvalue weighted by atomic mass is 9.96. The van der Waals surface area contributed by atoms with Crippen LogP contribution in [0, 0.1) is 17.0 Å². The molecule has 36 heavy (non-hydrogen) atoms. The van der Waals surface area contributed by atoms with Crippen LogP contribution in [-0.2, 0) is 9.53 Å². The van der Waals surface area contributed by atoms with Crippen molar-refractivity contribution in [2.45, 2.75) is 32.9 Å². The normalized spacial score (nSPS) is 18.5. The van der Waals surface area contributed by atoms with Crippen LogP contribution >= 0.6 is 0 Å². The number of rotatable bonds is 5. The Bertz CT molecular complexity index is 1400. The van der Waals surface area contributed by atoms with Crippen molar-refractivity contribution in [2.24, 2.45) is 10.1 Å². The Hall–Kier alpha value is -4.53. The van der Waals surface area contributed by atoms with E-state index in [-0.39, 0.29) is 18.1 Å². The number of anilines is 2. The summed E-state index contributed by atoms with van der Waals surface area (Å²) in [5.41, 5.74) is 3.96. The number of fused-ring (bicyclic) bond motifs is 3. The fourth-order valence-corrected chi connectivity index (χ4v) is 4.69. The Morgan fingerprint density at radius 1 is 1.11 bits per heavy atom. The van der Waals surface area contributed by atoms with Crippen molar-refractivity contribution in [3.8, 4) is 0 Å². The van der Waals surface area contributed by atoms with Gasteiger partial charge in [0.1, 0.15) is 5.66 Å². The monoisotopic (exact) mass is 483 g/mol. The summed E-state index contributed by atoms with van der Waals surface area (Å²) in [4.78, 5) is 30.9. The van der Waals surface area contributed by atoms with Crippen molar-refractivity contribution in [3.05, 3.63) is 94.0 Å². The van der Waals surface area contributed by atoms with Crippen LogP contribution in [0.3, 0.4) is 0 Å². The minimum atomic E-state index is -0.895. The predicted molar refractivity (Wildman–Crippen MR) is 139 cm³/mol. The zero-order valence-electron chi connectivity index (χ0n) is 20.2. The molecule has 2 aliphatic heterocycles. The first-order valence-corrected chi connectivity index (χ1v) is 11.7. The Kier molecular flexibility index (Phi) is 5.75. The zero-order valence-corrected chi connectivity index (χ0v) is 20.2. The van der Waals surface area contributed by atoms with Crippen LogP contribution in [0.2, 0.25) is 0 Å². The lowest BCUT2D eigenvalue weighted by Crippen LogP contribution is -2.56. The van der Waals surface area contributed by atoms with Gasteiger partial charge >= 0.3 is 5.97 Å². The van der Waals surface area contributed by atoms with E-state index in [1.54, 1.807) is 24.1 Å². The van der Waals surface area contributed by atoms with Gasteiger partial charge in [-0.15, -0.1) is 5.10 Å². The first-order chi connectivity index (χ1) is 17.3. The summed E-state index contributed by atoms with van der Waals surface area (Å²) in [6, 6.07) is 21.9. The number of hydrazone groups is 1. The summed E-state index contributed by atoms with van der Waals surface area (Å²) >= 11 is 0. The number of aryl methyl sites for hydroxylation is 1. The number of amidine groups is 1. The van der Waals surface area contributed by atoms with Crippen LogP contribution in [-0.4, -0.2) is 34.7 Å². The number of nitro benzene ring substituents is 1. The van der Waals surface area contributed by atoms with Crippen molar-refractivity contribution in [1.29, 1.82) is 0 Å². The predicted octanol–water partition coefficient (Wildman–Crippen LogP) is 5.35. The molecular weight excluding hydrogens is 458 g/mol. The molecule has 0 bridgehead atoms. The molecule has 0 fully saturated rings. The Balaban J connectivity index is 1.72. The van der Waals surface area contributed by atoms with Gasteiger partial charge in [0.15, 0.2) is 0 Å². The maximum Gasteiger partial charge on any atom is 0.376 e. The molecular formula is C27H25N5O4. The highest BCUT2D eigenvalue weighted by Crippen LogP contribution is 2.46. The Labute approximate surface area is 208 Å². The second-order valence-corrected chi connectivity index (χ2v) is 8.88. The van der Waals surface area contributed by atoms with E-state index in [1.165, 1.54) is 12.1 Å². The first-order valence-electron chi connectivity index (χ1n) is 11.7. The summed E-state index contributed by atoms with van der Waals surface area (Å²) in [6.07, 6.45) is 0.411. The van der Waals surface area contributed by atoms with E-state index in [0.29, 0.717) is 12.1 Å². The maximum absolute atomic E-state index is 13.2. The van der Waals surface area contributed by atoms with E-state index in [4.69, 9.17) is 14.8 Å². The molecule has 5 rings (SSSR count). The molecule has 0 aliphatic carbocycles. The van der Waals surface area contributed by atoms with Gasteiger partial charge in [0.05, 0.1) is 34.3 Å². The number of benzene rings is 3. The van der Waals surface area contributed by atoms with Gasteiger partial charge in [-0.25, -0.2) is 9.80 Å². The molecule has 0 amide bonds. The van der Waals surface area contributed by atoms with Crippen molar-refractivity contribution in [3.63, 3.8) is 0 Å². The minimum Gasteiger partial charge on any atom is -0.460 e. The van der Waals surface area contributed by atoms with E-state index in [9.17, 15) is 14.9 Å². The number of ether oxygens (including phenoxy) is 1. The van der Waals surface area contributed by atoms with Crippen LogP contribution in [0.4, 0.5) is 22.7 Å². The minimum absolute atomic E-state index is 0.0252. The van der Waals surface area contributed by atoms with E-state index >= 15 is 0 Å². The van der Waals surface area contributed by atoms with Gasteiger partial charge in [-0.2, -0.15) is 0 Å². The highest BCUT2D eigenvalue weighted by Gasteiger charge is 2.51. The molecule has 0 aromatic heterocycles. The number of nitro groups is 1. The van der Waals surface area contributed by atoms with E-state index in [2.05, 4.69) is 0 Å². The van der Waals surface area contributed by atoms with Gasteiger partial charge in [-0.05, 0) is 56.2 Å². The van der Waals surface area contributed by atoms with Crippen LogP contribution < -0.4 is 9.91 Å². The van der Waals surface area contributed by atoms with E-state index < -0.39 is 16.6 Å². The Morgan fingerprint density at radius 2 is 1.83 bits per heavy atom. The molecule has 1 unspecified atom stereocenters. The topological polar surface area (TPSA) is 101 Å². The second-order valence-electron chi connectivity index (χ2n) is 8.88. The summed E-state index contributed by atoms with van der Waals surface area (Å²) in [7, 11) is 0. The molecule has 0 spiro atoms. The standard InChI is InChI=1S/C27H25N5O4/c1-4-36-26(33)25-29-31(20-11-13-21(14-12-20)32(34)35)27(3)17-23(19-8-6-5-7-9-19)28-22-16-18(2)10-15-24(22)30(25)27/h5-16H,4,17H2,1-3H3. The molecule has 9 nitrogen and oxygen atoms in total. The second kappa shape index (κ2) is 8.92. The van der Waals surface area contributed by atoms with Crippen molar-refractivity contribution in [1.82, 2.24) is 0 Å². The highest BCUT2D eigenvalue weighted by atomic mass is 16.6. The van der Waals surface area contributed by atoms with Crippen LogP contribution in [0.25, 0.3) is 0 Å². The van der Waals surface area contributed by atoms with Crippen molar-refractivity contribution >= 4 is 40.3 Å². The number of carbonyl (C=O) groups is 1. The molecule has 3 aromatic carbocycles. The molecule has 3 aromatic rings. The van der Waals surface area contributed by atoms with Gasteiger partial charge in [-0.1, -0.05) is 36.4 Å². The van der Waals surface area contributed by atoms with Gasteiger partial charge in [-0.3, -0.25) is 20.0 Å². The number of carbonyl (C=O) groups excluding carboxylic acids is 1. The lowest BCUT2D eigenvalue weighted by molar-refractivity contribution is -0.384. The van der Waals surface area contributed by atoms with E-state index in [0.717, 1.165) is 28.2 Å². The van der Waals surface area contributed by atoms with Crippen molar-refractivity contribution in [2.75, 3.05) is 16.5 Å².